The van der Waals surface area contributed by atoms with Crippen LogP contribution in [0.5, 0.6) is 5.88 Å². The monoisotopic (exact) mass is 540 g/mol. The van der Waals surface area contributed by atoms with E-state index in [4.69, 9.17) is 25.8 Å². The highest BCUT2D eigenvalue weighted by atomic mass is 35.5. The number of methoxy groups -OCH3 is 1. The van der Waals surface area contributed by atoms with Crippen LogP contribution in [0.3, 0.4) is 0 Å². The zero-order valence-electron chi connectivity index (χ0n) is 22.4. The number of H-pyrrole nitrogens is 1. The van der Waals surface area contributed by atoms with Gasteiger partial charge in [0.05, 0.1) is 13.2 Å². The standard InChI is InChI=1S/C25H34ClFN4O6/c1-9-25(22(33)35-8)11-28-15(10-31(25)23(34)37-24(5,6)7)14(4)36-21-17-16(18(27)19(26)30-21)12(2)13(3)29-20(17)32/h14-15,28H,9-11H2,1-8H3,(H,29,32)/t14?,15-,25+/m0/s1. The highest BCUT2D eigenvalue weighted by molar-refractivity contribution is 6.30. The Kier molecular flexibility index (Phi) is 8.09. The number of ether oxygens (including phenoxy) is 3. The van der Waals surface area contributed by atoms with Gasteiger partial charge in [0.15, 0.2) is 16.5 Å². The Balaban J connectivity index is 1.99. The van der Waals surface area contributed by atoms with E-state index < -0.39 is 51.9 Å². The summed E-state index contributed by atoms with van der Waals surface area (Å²) in [5.74, 6) is -1.51. The average Bonchev–Trinajstić information content (AvgIpc) is 2.82. The molecule has 1 saturated heterocycles. The molecule has 0 radical (unpaired) electrons. The van der Waals surface area contributed by atoms with Crippen LogP contribution in [-0.4, -0.2) is 70.4 Å². The van der Waals surface area contributed by atoms with Gasteiger partial charge < -0.3 is 24.5 Å². The number of aromatic amines is 1. The summed E-state index contributed by atoms with van der Waals surface area (Å²) in [7, 11) is 1.27. The van der Waals surface area contributed by atoms with Gasteiger partial charge in [0, 0.05) is 24.2 Å². The highest BCUT2D eigenvalue weighted by Gasteiger charge is 2.52. The molecule has 37 heavy (non-hydrogen) atoms. The number of hydrogen-bond acceptors (Lipinski definition) is 8. The van der Waals surface area contributed by atoms with E-state index in [1.807, 2.05) is 0 Å². The number of halogens is 2. The molecule has 0 bridgehead atoms. The van der Waals surface area contributed by atoms with E-state index in [1.54, 1.807) is 48.5 Å². The zero-order chi connectivity index (χ0) is 27.9. The van der Waals surface area contributed by atoms with Crippen LogP contribution in [-0.2, 0) is 14.3 Å². The molecule has 0 aliphatic carbocycles. The number of hydrogen-bond donors (Lipinski definition) is 2. The summed E-state index contributed by atoms with van der Waals surface area (Å²) < 4.78 is 31.6. The van der Waals surface area contributed by atoms with Gasteiger partial charge in [-0.15, -0.1) is 0 Å². The molecule has 1 aliphatic rings. The number of amides is 1. The third kappa shape index (κ3) is 5.38. The minimum absolute atomic E-state index is 0.0281. The summed E-state index contributed by atoms with van der Waals surface area (Å²) in [6.07, 6.45) is -1.08. The van der Waals surface area contributed by atoms with Gasteiger partial charge in [-0.2, -0.15) is 4.98 Å². The maximum absolute atomic E-state index is 14.9. The van der Waals surface area contributed by atoms with Crippen molar-refractivity contribution in [1.82, 2.24) is 20.2 Å². The molecule has 12 heteroatoms. The van der Waals surface area contributed by atoms with Gasteiger partial charge in [-0.25, -0.2) is 14.0 Å². The lowest BCUT2D eigenvalue weighted by Crippen LogP contribution is -2.71. The number of aromatic nitrogens is 2. The molecule has 2 N–H and O–H groups in total. The molecule has 1 aliphatic heterocycles. The van der Waals surface area contributed by atoms with Crippen molar-refractivity contribution >= 4 is 34.4 Å². The number of rotatable bonds is 5. The van der Waals surface area contributed by atoms with Gasteiger partial charge in [-0.05, 0) is 53.5 Å². The normalized spacial score (nSPS) is 21.0. The molecule has 1 amide bonds. The minimum Gasteiger partial charge on any atom is -0.472 e. The zero-order valence-corrected chi connectivity index (χ0v) is 23.1. The Hall–Kier alpha value is -2.92. The summed E-state index contributed by atoms with van der Waals surface area (Å²) >= 11 is 6.06. The molecule has 0 spiro atoms. The molecule has 2 aromatic heterocycles. The van der Waals surface area contributed by atoms with Crippen LogP contribution < -0.4 is 15.6 Å². The van der Waals surface area contributed by atoms with Gasteiger partial charge in [0.25, 0.3) is 5.56 Å². The van der Waals surface area contributed by atoms with Crippen molar-refractivity contribution in [3.63, 3.8) is 0 Å². The fourth-order valence-electron chi connectivity index (χ4n) is 4.48. The summed E-state index contributed by atoms with van der Waals surface area (Å²) in [5, 5.41) is 2.80. The molecule has 1 unspecified atom stereocenters. The Bertz CT molecular complexity index is 1270. The predicted octanol–water partition coefficient (Wildman–Crippen LogP) is 3.63. The van der Waals surface area contributed by atoms with Crippen molar-refractivity contribution in [2.24, 2.45) is 0 Å². The second kappa shape index (κ2) is 10.4. The number of carbonyl (C=O) groups is 2. The molecule has 3 atom stereocenters. The number of nitrogens with one attached hydrogen (secondary N) is 2. The van der Waals surface area contributed by atoms with Gasteiger partial charge in [0.1, 0.15) is 17.1 Å². The quantitative estimate of drug-likeness (QED) is 0.435. The van der Waals surface area contributed by atoms with Crippen LogP contribution in [0.15, 0.2) is 4.79 Å². The first-order valence-electron chi connectivity index (χ1n) is 12.0. The van der Waals surface area contributed by atoms with Crippen LogP contribution in [0, 0.1) is 19.7 Å². The Labute approximate surface area is 219 Å². The number of aryl methyl sites for hydroxylation is 2. The van der Waals surface area contributed by atoms with Gasteiger partial charge >= 0.3 is 12.1 Å². The lowest BCUT2D eigenvalue weighted by Gasteiger charge is -2.48. The second-order valence-electron chi connectivity index (χ2n) is 10.3. The third-order valence-electron chi connectivity index (χ3n) is 6.71. The molecule has 2 aromatic rings. The third-order valence-corrected chi connectivity index (χ3v) is 6.96. The maximum Gasteiger partial charge on any atom is 0.411 e. The molecule has 1 fully saturated rings. The van der Waals surface area contributed by atoms with E-state index in [0.717, 1.165) is 0 Å². The molecule has 0 aromatic carbocycles. The van der Waals surface area contributed by atoms with Crippen LogP contribution >= 0.6 is 11.6 Å². The van der Waals surface area contributed by atoms with E-state index in [0.29, 0.717) is 11.3 Å². The van der Waals surface area contributed by atoms with Crippen LogP contribution in [0.1, 0.15) is 52.3 Å². The van der Waals surface area contributed by atoms with E-state index in [2.05, 4.69) is 15.3 Å². The molecule has 3 rings (SSSR count). The molecule has 0 saturated carbocycles. The Morgan fingerprint density at radius 2 is 1.95 bits per heavy atom. The molecule has 10 nitrogen and oxygen atoms in total. The number of carbonyl (C=O) groups excluding carboxylic acids is 2. The highest BCUT2D eigenvalue weighted by Crippen LogP contribution is 2.33. The van der Waals surface area contributed by atoms with Crippen molar-refractivity contribution < 1.29 is 28.2 Å². The van der Waals surface area contributed by atoms with Crippen molar-refractivity contribution in [2.75, 3.05) is 20.2 Å². The summed E-state index contributed by atoms with van der Waals surface area (Å²) in [5.41, 5.74) is -1.64. The van der Waals surface area contributed by atoms with Crippen molar-refractivity contribution in [3.8, 4) is 5.88 Å². The van der Waals surface area contributed by atoms with E-state index in [-0.39, 0.29) is 36.2 Å². The first-order valence-corrected chi connectivity index (χ1v) is 12.4. The van der Waals surface area contributed by atoms with Crippen LogP contribution in [0.2, 0.25) is 5.15 Å². The van der Waals surface area contributed by atoms with Crippen LogP contribution in [0.4, 0.5) is 9.18 Å². The second-order valence-corrected chi connectivity index (χ2v) is 10.6. The summed E-state index contributed by atoms with van der Waals surface area (Å²) in [6, 6.07) is -0.511. The van der Waals surface area contributed by atoms with Gasteiger partial charge in [-0.3, -0.25) is 9.69 Å². The average molecular weight is 541 g/mol. The number of pyridine rings is 2. The number of nitrogens with zero attached hydrogens (tertiary/aromatic N) is 2. The maximum atomic E-state index is 14.9. The molecular weight excluding hydrogens is 507 g/mol. The fourth-order valence-corrected chi connectivity index (χ4v) is 4.65. The SMILES string of the molecule is CC[C@]1(C(=O)OC)CN[C@H](C(C)Oc2nc(Cl)c(F)c3c(C)c(C)[nH]c(=O)c23)CN1C(=O)OC(C)(C)C. The fraction of sp³-hybridized carbons (Fsp3) is 0.600. The summed E-state index contributed by atoms with van der Waals surface area (Å²) in [6.45, 7) is 12.1. The Morgan fingerprint density at radius 1 is 1.30 bits per heavy atom. The lowest BCUT2D eigenvalue weighted by atomic mass is 9.89. The van der Waals surface area contributed by atoms with Crippen molar-refractivity contribution in [1.29, 1.82) is 0 Å². The largest absolute Gasteiger partial charge is 0.472 e. The van der Waals surface area contributed by atoms with Crippen LogP contribution in [0.25, 0.3) is 10.8 Å². The van der Waals surface area contributed by atoms with E-state index in [9.17, 15) is 18.8 Å². The minimum atomic E-state index is -1.29. The van der Waals surface area contributed by atoms with Gasteiger partial charge in [-0.1, -0.05) is 18.5 Å². The summed E-state index contributed by atoms with van der Waals surface area (Å²) in [4.78, 5) is 46.9. The van der Waals surface area contributed by atoms with Crippen molar-refractivity contribution in [2.45, 2.75) is 78.2 Å². The van der Waals surface area contributed by atoms with E-state index >= 15 is 0 Å². The lowest BCUT2D eigenvalue weighted by molar-refractivity contribution is -0.158. The van der Waals surface area contributed by atoms with E-state index in [1.165, 1.54) is 12.0 Å². The van der Waals surface area contributed by atoms with Crippen molar-refractivity contribution in [3.05, 3.63) is 32.6 Å². The number of piperazine rings is 1. The molecule has 3 heterocycles. The smallest absolute Gasteiger partial charge is 0.411 e. The predicted molar refractivity (Wildman–Crippen MR) is 137 cm³/mol. The first kappa shape index (κ1) is 28.6. The van der Waals surface area contributed by atoms with Gasteiger partial charge in [0.2, 0.25) is 5.88 Å². The molecular formula is C25H34ClFN4O6. The number of fused-ring (bicyclic) bond motifs is 1. The first-order chi connectivity index (χ1) is 17.2. The Morgan fingerprint density at radius 3 is 2.51 bits per heavy atom. The molecule has 204 valence electrons. The number of esters is 1. The topological polar surface area (TPSA) is 123 Å².